The number of nitrogens with two attached hydrogens (primary N) is 1. The molecule has 2 N–H and O–H groups in total. The highest BCUT2D eigenvalue weighted by molar-refractivity contribution is 4.78. The summed E-state index contributed by atoms with van der Waals surface area (Å²) >= 11 is 0. The van der Waals surface area contributed by atoms with Crippen molar-refractivity contribution in [2.24, 2.45) is 17.6 Å². The van der Waals surface area contributed by atoms with Gasteiger partial charge < -0.3 is 5.73 Å². The van der Waals surface area contributed by atoms with Crippen molar-refractivity contribution < 1.29 is 0 Å². The second kappa shape index (κ2) is 3.38. The first kappa shape index (κ1) is 8.06. The summed E-state index contributed by atoms with van der Waals surface area (Å²) in [5.41, 5.74) is 6.02. The van der Waals surface area contributed by atoms with Gasteiger partial charge in [0.15, 0.2) is 0 Å². The first-order valence-corrected chi connectivity index (χ1v) is 4.47. The quantitative estimate of drug-likeness (QED) is 0.514. The SMILES string of the molecule is CC1CCCC[C@H](C)C1N. The maximum atomic E-state index is 6.02. The largest absolute Gasteiger partial charge is 0.327 e. The molecule has 1 saturated carbocycles. The van der Waals surface area contributed by atoms with Crippen LogP contribution >= 0.6 is 0 Å². The van der Waals surface area contributed by atoms with Crippen LogP contribution in [0.2, 0.25) is 0 Å². The monoisotopic (exact) mass is 141 g/mol. The van der Waals surface area contributed by atoms with Crippen LogP contribution < -0.4 is 5.73 Å². The molecule has 1 fully saturated rings. The molecule has 1 aliphatic rings. The summed E-state index contributed by atoms with van der Waals surface area (Å²) in [6.45, 7) is 4.57. The van der Waals surface area contributed by atoms with Gasteiger partial charge in [0.25, 0.3) is 0 Å². The molecule has 1 nitrogen and oxygen atoms in total. The average Bonchev–Trinajstić information content (AvgIpc) is 2.04. The van der Waals surface area contributed by atoms with Crippen molar-refractivity contribution in [1.29, 1.82) is 0 Å². The minimum absolute atomic E-state index is 0.461. The van der Waals surface area contributed by atoms with Crippen LogP contribution in [0.1, 0.15) is 39.5 Å². The van der Waals surface area contributed by atoms with Gasteiger partial charge in [0.05, 0.1) is 0 Å². The van der Waals surface area contributed by atoms with Crippen molar-refractivity contribution in [2.45, 2.75) is 45.6 Å². The first-order valence-electron chi connectivity index (χ1n) is 4.47. The molecule has 60 valence electrons. The molecule has 0 aromatic heterocycles. The Morgan fingerprint density at radius 2 is 1.40 bits per heavy atom. The highest BCUT2D eigenvalue weighted by Gasteiger charge is 2.21. The van der Waals surface area contributed by atoms with Crippen LogP contribution in [0.4, 0.5) is 0 Å². The van der Waals surface area contributed by atoms with E-state index in [9.17, 15) is 0 Å². The van der Waals surface area contributed by atoms with Gasteiger partial charge in [-0.3, -0.25) is 0 Å². The van der Waals surface area contributed by atoms with Crippen LogP contribution in [-0.2, 0) is 0 Å². The number of rotatable bonds is 0. The van der Waals surface area contributed by atoms with Crippen LogP contribution in [0.3, 0.4) is 0 Å². The van der Waals surface area contributed by atoms with Crippen LogP contribution in [0.25, 0.3) is 0 Å². The van der Waals surface area contributed by atoms with E-state index in [-0.39, 0.29) is 0 Å². The standard InChI is InChI=1S/C9H19N/c1-7-5-3-4-6-8(2)9(7)10/h7-9H,3-6,10H2,1-2H3/t7-,8?,9?/m0/s1. The Kier molecular flexibility index (Phi) is 2.72. The molecule has 0 aromatic rings. The van der Waals surface area contributed by atoms with Gasteiger partial charge in [-0.25, -0.2) is 0 Å². The molecule has 2 unspecified atom stereocenters. The highest BCUT2D eigenvalue weighted by Crippen LogP contribution is 2.25. The molecule has 0 aliphatic heterocycles. The molecule has 3 atom stereocenters. The Balaban J connectivity index is 2.46. The van der Waals surface area contributed by atoms with Gasteiger partial charge in [0, 0.05) is 6.04 Å². The number of hydrogen-bond donors (Lipinski definition) is 1. The third-order valence-corrected chi connectivity index (χ3v) is 2.88. The van der Waals surface area contributed by atoms with E-state index in [1.165, 1.54) is 25.7 Å². The summed E-state index contributed by atoms with van der Waals surface area (Å²) in [7, 11) is 0. The first-order chi connectivity index (χ1) is 4.72. The fourth-order valence-corrected chi connectivity index (χ4v) is 1.88. The Hall–Kier alpha value is -0.0400. The molecule has 0 aromatic carbocycles. The summed E-state index contributed by atoms with van der Waals surface area (Å²) in [5, 5.41) is 0. The lowest BCUT2D eigenvalue weighted by atomic mass is 9.90. The third-order valence-electron chi connectivity index (χ3n) is 2.88. The number of hydrogen-bond acceptors (Lipinski definition) is 1. The molecule has 0 bridgehead atoms. The summed E-state index contributed by atoms with van der Waals surface area (Å²) in [4.78, 5) is 0. The van der Waals surface area contributed by atoms with Crippen molar-refractivity contribution in [3.8, 4) is 0 Å². The van der Waals surface area contributed by atoms with Gasteiger partial charge in [-0.15, -0.1) is 0 Å². The molecular formula is C9H19N. The highest BCUT2D eigenvalue weighted by atomic mass is 14.7. The van der Waals surface area contributed by atoms with Crippen molar-refractivity contribution in [3.63, 3.8) is 0 Å². The molecule has 0 amide bonds. The smallest absolute Gasteiger partial charge is 0.00903 e. The topological polar surface area (TPSA) is 26.0 Å². The molecular weight excluding hydrogens is 122 g/mol. The fraction of sp³-hybridized carbons (Fsp3) is 1.00. The van der Waals surface area contributed by atoms with E-state index in [2.05, 4.69) is 13.8 Å². The van der Waals surface area contributed by atoms with E-state index in [0.29, 0.717) is 6.04 Å². The van der Waals surface area contributed by atoms with Crippen LogP contribution in [0.15, 0.2) is 0 Å². The minimum atomic E-state index is 0.461. The molecule has 1 aliphatic carbocycles. The predicted molar refractivity (Wildman–Crippen MR) is 44.8 cm³/mol. The summed E-state index contributed by atoms with van der Waals surface area (Å²) in [6.07, 6.45) is 5.45. The predicted octanol–water partition coefficient (Wildman–Crippen LogP) is 2.16. The summed E-state index contributed by atoms with van der Waals surface area (Å²) in [5.74, 6) is 1.50. The lowest BCUT2D eigenvalue weighted by Crippen LogP contribution is -2.33. The van der Waals surface area contributed by atoms with Crippen molar-refractivity contribution in [1.82, 2.24) is 0 Å². The Bertz CT molecular complexity index is 88.9. The van der Waals surface area contributed by atoms with Crippen molar-refractivity contribution in [3.05, 3.63) is 0 Å². The van der Waals surface area contributed by atoms with Gasteiger partial charge in [0.1, 0.15) is 0 Å². The van der Waals surface area contributed by atoms with E-state index in [0.717, 1.165) is 11.8 Å². The molecule has 0 saturated heterocycles. The maximum Gasteiger partial charge on any atom is 0.00903 e. The van der Waals surface area contributed by atoms with E-state index in [1.54, 1.807) is 0 Å². The molecule has 1 rings (SSSR count). The van der Waals surface area contributed by atoms with Gasteiger partial charge >= 0.3 is 0 Å². The second-order valence-corrected chi connectivity index (χ2v) is 3.82. The normalized spacial score (nSPS) is 42.9. The molecule has 0 heterocycles. The Morgan fingerprint density at radius 1 is 1.00 bits per heavy atom. The van der Waals surface area contributed by atoms with E-state index in [4.69, 9.17) is 5.73 Å². The van der Waals surface area contributed by atoms with Crippen LogP contribution in [-0.4, -0.2) is 6.04 Å². The lowest BCUT2D eigenvalue weighted by Gasteiger charge is -2.21. The molecule has 10 heavy (non-hydrogen) atoms. The Morgan fingerprint density at radius 3 is 1.80 bits per heavy atom. The maximum absolute atomic E-state index is 6.02. The van der Waals surface area contributed by atoms with Gasteiger partial charge in [-0.1, -0.05) is 26.7 Å². The van der Waals surface area contributed by atoms with Gasteiger partial charge in [-0.05, 0) is 24.7 Å². The zero-order valence-corrected chi connectivity index (χ0v) is 7.14. The lowest BCUT2D eigenvalue weighted by molar-refractivity contribution is 0.350. The van der Waals surface area contributed by atoms with E-state index in [1.807, 2.05) is 0 Å². The molecule has 1 heteroatoms. The molecule has 0 spiro atoms. The van der Waals surface area contributed by atoms with Gasteiger partial charge in [-0.2, -0.15) is 0 Å². The minimum Gasteiger partial charge on any atom is -0.327 e. The molecule has 0 radical (unpaired) electrons. The Labute approximate surface area is 64.0 Å². The van der Waals surface area contributed by atoms with Crippen LogP contribution in [0, 0.1) is 11.8 Å². The summed E-state index contributed by atoms with van der Waals surface area (Å²) in [6, 6.07) is 0.461. The average molecular weight is 141 g/mol. The van der Waals surface area contributed by atoms with Gasteiger partial charge in [0.2, 0.25) is 0 Å². The third kappa shape index (κ3) is 1.72. The van der Waals surface area contributed by atoms with Crippen molar-refractivity contribution in [2.75, 3.05) is 0 Å². The van der Waals surface area contributed by atoms with Crippen LogP contribution in [0.5, 0.6) is 0 Å². The summed E-state index contributed by atoms with van der Waals surface area (Å²) < 4.78 is 0. The van der Waals surface area contributed by atoms with E-state index < -0.39 is 0 Å². The van der Waals surface area contributed by atoms with E-state index >= 15 is 0 Å². The van der Waals surface area contributed by atoms with Crippen molar-refractivity contribution >= 4 is 0 Å². The second-order valence-electron chi connectivity index (χ2n) is 3.82. The zero-order chi connectivity index (χ0) is 7.56. The fourth-order valence-electron chi connectivity index (χ4n) is 1.88. The zero-order valence-electron chi connectivity index (χ0n) is 7.14.